The molecule has 1 amide bonds. The predicted molar refractivity (Wildman–Crippen MR) is 108 cm³/mol. The number of hydrogen-bond donors (Lipinski definition) is 1. The Morgan fingerprint density at radius 3 is 2.12 bits per heavy atom. The summed E-state index contributed by atoms with van der Waals surface area (Å²) in [4.78, 5) is 31.4. The number of carbonyl (C=O) groups excluding carboxylic acids is 2. The van der Waals surface area contributed by atoms with Crippen LogP contribution in [0.3, 0.4) is 0 Å². The van der Waals surface area contributed by atoms with Gasteiger partial charge in [-0.1, -0.05) is 0 Å². The molecule has 6 heteroatoms. The van der Waals surface area contributed by atoms with Crippen molar-refractivity contribution in [3.05, 3.63) is 28.8 Å². The van der Waals surface area contributed by atoms with Crippen molar-refractivity contribution < 1.29 is 19.1 Å². The van der Waals surface area contributed by atoms with Gasteiger partial charge < -0.3 is 0 Å². The average Bonchev–Trinajstić information content (AvgIpc) is 2.46. The Kier molecular flexibility index (Phi) is 7.57. The number of aryl methyl sites for hydroxylation is 2. The molecule has 0 radical (unpaired) electrons. The van der Waals surface area contributed by atoms with Gasteiger partial charge in [-0.3, -0.25) is 0 Å². The third-order valence-electron chi connectivity index (χ3n) is 4.13. The van der Waals surface area contributed by atoms with Crippen molar-refractivity contribution in [2.75, 3.05) is 7.11 Å². The molecule has 5 nitrogen and oxygen atoms in total. The molecule has 0 fully saturated rings. The zero-order valence-corrected chi connectivity index (χ0v) is 20.4. The molecule has 1 atom stereocenters. The van der Waals surface area contributed by atoms with Gasteiger partial charge in [-0.25, -0.2) is 0 Å². The summed E-state index contributed by atoms with van der Waals surface area (Å²) in [6, 6.07) is 3.62. The summed E-state index contributed by atoms with van der Waals surface area (Å²) in [7, 11) is 1.33. The van der Waals surface area contributed by atoms with E-state index in [0.29, 0.717) is 6.42 Å². The maximum atomic E-state index is 12.3. The standard InChI is InChI=1S/C17H24NO4.3CH3.Sn/c1-11-7-8-13(9-12(11)2)10-14(15(19)21-6)18-16(20)22-17(3,4)5;;;;/h7,9,14H,10H2,1-6H3,(H,18,20);3*1H3;/t14-;;;;/m0..../s1. The van der Waals surface area contributed by atoms with E-state index in [0.717, 1.165) is 5.56 Å². The van der Waals surface area contributed by atoms with Crippen LogP contribution in [-0.4, -0.2) is 49.2 Å². The summed E-state index contributed by atoms with van der Waals surface area (Å²) in [6.07, 6.45) is -0.214. The Bertz CT molecular complexity index is 672. The molecular weight excluding hydrogens is 437 g/mol. The third kappa shape index (κ3) is 6.82. The molecule has 1 aromatic rings. The molecule has 0 unspecified atom stereocenters. The molecule has 0 aliphatic heterocycles. The van der Waals surface area contributed by atoms with E-state index in [1.165, 1.54) is 21.8 Å². The molecule has 0 spiro atoms. The topological polar surface area (TPSA) is 64.6 Å². The number of carbonyl (C=O) groups is 2. The van der Waals surface area contributed by atoms with Crippen molar-refractivity contribution in [1.29, 1.82) is 0 Å². The summed E-state index contributed by atoms with van der Waals surface area (Å²) in [5.74, 6) is -0.468. The van der Waals surface area contributed by atoms with E-state index in [1.807, 2.05) is 0 Å². The van der Waals surface area contributed by atoms with Crippen molar-refractivity contribution in [3.8, 4) is 0 Å². The number of esters is 1. The van der Waals surface area contributed by atoms with Crippen molar-refractivity contribution in [1.82, 2.24) is 5.32 Å². The fourth-order valence-corrected chi connectivity index (χ4v) is 7.85. The van der Waals surface area contributed by atoms with Gasteiger partial charge in [-0.15, -0.1) is 0 Å². The van der Waals surface area contributed by atoms with Gasteiger partial charge in [0.15, 0.2) is 0 Å². The van der Waals surface area contributed by atoms with Crippen LogP contribution in [0.2, 0.25) is 14.8 Å². The van der Waals surface area contributed by atoms with Crippen LogP contribution in [0, 0.1) is 13.8 Å². The van der Waals surface area contributed by atoms with Crippen LogP contribution in [-0.2, 0) is 20.7 Å². The first-order chi connectivity index (χ1) is 11.7. The molecule has 0 saturated carbocycles. The second-order valence-electron chi connectivity index (χ2n) is 8.77. The second kappa shape index (κ2) is 8.63. The summed E-state index contributed by atoms with van der Waals surface area (Å²) in [6.45, 7) is 9.53. The van der Waals surface area contributed by atoms with Gasteiger partial charge in [0, 0.05) is 0 Å². The molecule has 0 aliphatic rings. The molecule has 0 heterocycles. The number of hydrogen-bond acceptors (Lipinski definition) is 4. The minimum atomic E-state index is -2.40. The molecule has 0 saturated heterocycles. The summed E-state index contributed by atoms with van der Waals surface area (Å²) in [5, 5.41) is 2.67. The third-order valence-corrected chi connectivity index (χ3v) is 10.1. The Labute approximate surface area is 161 Å². The zero-order chi connectivity index (χ0) is 20.3. The fourth-order valence-electron chi connectivity index (χ4n) is 2.75. The van der Waals surface area contributed by atoms with Crippen LogP contribution in [0.5, 0.6) is 0 Å². The molecular formula is C20H33NO4Sn. The molecule has 1 aromatic carbocycles. The average molecular weight is 470 g/mol. The Hall–Kier alpha value is -1.24. The van der Waals surface area contributed by atoms with E-state index < -0.39 is 42.1 Å². The van der Waals surface area contributed by atoms with Crippen molar-refractivity contribution in [2.24, 2.45) is 0 Å². The van der Waals surface area contributed by atoms with E-state index in [4.69, 9.17) is 9.47 Å². The van der Waals surface area contributed by atoms with E-state index in [1.54, 1.807) is 20.8 Å². The predicted octanol–water partition coefficient (Wildman–Crippen LogP) is 3.46. The monoisotopic (exact) mass is 471 g/mol. The van der Waals surface area contributed by atoms with E-state index in [-0.39, 0.29) is 0 Å². The quantitative estimate of drug-likeness (QED) is 0.529. The van der Waals surface area contributed by atoms with Gasteiger partial charge >= 0.3 is 162 Å². The molecule has 0 bridgehead atoms. The number of alkyl carbamates (subject to hydrolysis) is 1. The molecule has 1 N–H and O–H groups in total. The molecule has 0 aliphatic carbocycles. The van der Waals surface area contributed by atoms with E-state index in [9.17, 15) is 9.59 Å². The van der Waals surface area contributed by atoms with Crippen LogP contribution in [0.1, 0.15) is 37.5 Å². The second-order valence-corrected chi connectivity index (χ2v) is 23.2. The zero-order valence-electron chi connectivity index (χ0n) is 17.6. The summed E-state index contributed by atoms with van der Waals surface area (Å²) in [5.41, 5.74) is 2.92. The van der Waals surface area contributed by atoms with Gasteiger partial charge in [0.1, 0.15) is 0 Å². The number of nitrogens with one attached hydrogen (secondary N) is 1. The molecule has 1 rings (SSSR count). The first kappa shape index (κ1) is 22.8. The van der Waals surface area contributed by atoms with Gasteiger partial charge in [0.05, 0.1) is 0 Å². The Morgan fingerprint density at radius 2 is 1.65 bits per heavy atom. The molecule has 146 valence electrons. The van der Waals surface area contributed by atoms with Gasteiger partial charge in [-0.2, -0.15) is 0 Å². The number of amides is 1. The molecule has 26 heavy (non-hydrogen) atoms. The van der Waals surface area contributed by atoms with Crippen LogP contribution in [0.15, 0.2) is 12.1 Å². The SMILES string of the molecule is COC(=O)[C@H](Cc1cc(C)c(C)c[c]1[Sn]([CH3])([CH3])[CH3])NC(=O)OC(C)(C)C. The summed E-state index contributed by atoms with van der Waals surface area (Å²) < 4.78 is 11.6. The number of ether oxygens (including phenoxy) is 2. The summed E-state index contributed by atoms with van der Waals surface area (Å²) >= 11 is -2.40. The van der Waals surface area contributed by atoms with E-state index in [2.05, 4.69) is 46.1 Å². The number of methoxy groups -OCH3 is 1. The normalized spacial score (nSPS) is 13.1. The number of benzene rings is 1. The number of rotatable bonds is 5. The van der Waals surface area contributed by atoms with Crippen LogP contribution in [0.25, 0.3) is 0 Å². The first-order valence-corrected chi connectivity index (χ1v) is 18.9. The minimum absolute atomic E-state index is 0.399. The van der Waals surface area contributed by atoms with Crippen LogP contribution in [0.4, 0.5) is 4.79 Å². The Morgan fingerprint density at radius 1 is 1.12 bits per heavy atom. The van der Waals surface area contributed by atoms with Crippen molar-refractivity contribution >= 4 is 34.0 Å². The van der Waals surface area contributed by atoms with E-state index >= 15 is 0 Å². The maximum absolute atomic E-state index is 12.3. The van der Waals surface area contributed by atoms with Gasteiger partial charge in [-0.05, 0) is 0 Å². The van der Waals surface area contributed by atoms with Crippen molar-refractivity contribution in [2.45, 2.75) is 67.5 Å². The van der Waals surface area contributed by atoms with Gasteiger partial charge in [0.2, 0.25) is 0 Å². The van der Waals surface area contributed by atoms with Gasteiger partial charge in [0.25, 0.3) is 0 Å². The Balaban J connectivity index is 3.18. The van der Waals surface area contributed by atoms with Crippen molar-refractivity contribution in [3.63, 3.8) is 0 Å². The first-order valence-electron chi connectivity index (χ1n) is 8.92. The fraction of sp³-hybridized carbons (Fsp3) is 0.600. The van der Waals surface area contributed by atoms with Crippen LogP contribution < -0.4 is 8.90 Å². The van der Waals surface area contributed by atoms with Crippen LogP contribution >= 0.6 is 0 Å². The molecule has 0 aromatic heterocycles.